The van der Waals surface area contributed by atoms with Gasteiger partial charge in [0.15, 0.2) is 5.82 Å². The highest BCUT2D eigenvalue weighted by Crippen LogP contribution is 2.40. The molecule has 0 aromatic heterocycles. The third-order valence-corrected chi connectivity index (χ3v) is 7.02. The number of ether oxygens (including phenoxy) is 1. The summed E-state index contributed by atoms with van der Waals surface area (Å²) in [6, 6.07) is 30.5. The first-order valence-electron chi connectivity index (χ1n) is 12.1. The summed E-state index contributed by atoms with van der Waals surface area (Å²) in [4.78, 5) is 19.4. The van der Waals surface area contributed by atoms with Crippen molar-refractivity contribution < 1.29 is 9.53 Å². The van der Waals surface area contributed by atoms with Crippen LogP contribution in [0.25, 0.3) is 5.57 Å². The molecule has 1 N–H and O–H groups in total. The van der Waals surface area contributed by atoms with Crippen LogP contribution < -0.4 is 5.43 Å². The number of hydrogen-bond acceptors (Lipinski definition) is 6. The first-order chi connectivity index (χ1) is 18.1. The van der Waals surface area contributed by atoms with E-state index < -0.39 is 10.9 Å². The molecule has 0 spiro atoms. The lowest BCUT2D eigenvalue weighted by molar-refractivity contribution is -0.138. The molecule has 0 saturated heterocycles. The van der Waals surface area contributed by atoms with Gasteiger partial charge >= 0.3 is 5.97 Å². The minimum Gasteiger partial charge on any atom is -0.462 e. The number of hydrogen-bond donors (Lipinski definition) is 1. The maximum absolute atomic E-state index is 12.9. The van der Waals surface area contributed by atoms with Gasteiger partial charge in [0.1, 0.15) is 21.5 Å². The highest BCUT2D eigenvalue weighted by molar-refractivity contribution is 9.09. The lowest BCUT2D eigenvalue weighted by atomic mass is 10.0. The van der Waals surface area contributed by atoms with Crippen molar-refractivity contribution in [2.45, 2.75) is 25.0 Å². The zero-order chi connectivity index (χ0) is 25.8. The van der Waals surface area contributed by atoms with E-state index in [0.717, 1.165) is 28.1 Å². The maximum atomic E-state index is 12.9. The van der Waals surface area contributed by atoms with E-state index in [-0.39, 0.29) is 6.61 Å². The van der Waals surface area contributed by atoms with Crippen LogP contribution in [0.1, 0.15) is 23.6 Å². The quantitative estimate of drug-likeness (QED) is 0.201. The normalized spacial score (nSPS) is 17.0. The smallest absolute Gasteiger partial charge is 0.340 e. The molecule has 0 bridgehead atoms. The van der Waals surface area contributed by atoms with E-state index in [1.807, 2.05) is 71.7 Å². The van der Waals surface area contributed by atoms with Crippen LogP contribution in [-0.4, -0.2) is 32.6 Å². The second kappa shape index (κ2) is 11.3. The van der Waals surface area contributed by atoms with E-state index in [2.05, 4.69) is 50.5 Å². The van der Waals surface area contributed by atoms with Crippen LogP contribution in [0.4, 0.5) is 0 Å². The molecule has 6 nitrogen and oxygen atoms in total. The van der Waals surface area contributed by atoms with Crippen molar-refractivity contribution in [1.29, 1.82) is 0 Å². The van der Waals surface area contributed by atoms with Gasteiger partial charge in [0.25, 0.3) is 0 Å². The number of esters is 1. The van der Waals surface area contributed by atoms with Gasteiger partial charge in [-0.3, -0.25) is 0 Å². The van der Waals surface area contributed by atoms with Crippen LogP contribution in [0.5, 0.6) is 0 Å². The summed E-state index contributed by atoms with van der Waals surface area (Å²) in [6.07, 6.45) is 0. The fraction of sp³-hybridized carbons (Fsp3) is 0.172. The van der Waals surface area contributed by atoms with E-state index in [1.54, 1.807) is 6.92 Å². The summed E-state index contributed by atoms with van der Waals surface area (Å²) in [5.41, 5.74) is 7.74. The summed E-state index contributed by atoms with van der Waals surface area (Å²) in [5, 5.41) is 2.16. The topological polar surface area (TPSA) is 57.2 Å². The molecular formula is C29H26BrClN4O2. The SMILES string of the molecule is CCOC(=O)C1=C2N=C(Cl)C(c3ccccc3)=C(N(Cc3ccccc3)Cc3ccccc3)N2NC1Br. The summed E-state index contributed by atoms with van der Waals surface area (Å²) in [7, 11) is 0. The molecule has 0 fully saturated rings. The molecule has 1 atom stereocenters. The van der Waals surface area contributed by atoms with E-state index in [9.17, 15) is 4.79 Å². The zero-order valence-corrected chi connectivity index (χ0v) is 22.6. The van der Waals surface area contributed by atoms with E-state index in [1.165, 1.54) is 0 Å². The molecule has 5 rings (SSSR count). The number of benzene rings is 3. The molecule has 3 aromatic rings. The largest absolute Gasteiger partial charge is 0.462 e. The molecular weight excluding hydrogens is 552 g/mol. The molecule has 8 heteroatoms. The van der Waals surface area contributed by atoms with Crippen molar-refractivity contribution in [3.63, 3.8) is 0 Å². The number of carbonyl (C=O) groups is 1. The fourth-order valence-electron chi connectivity index (χ4n) is 4.47. The molecule has 0 aliphatic carbocycles. The van der Waals surface area contributed by atoms with Crippen LogP contribution in [0.15, 0.2) is 113 Å². The van der Waals surface area contributed by atoms with Gasteiger partial charge in [-0.25, -0.2) is 20.2 Å². The van der Waals surface area contributed by atoms with Gasteiger partial charge in [-0.15, -0.1) is 0 Å². The molecule has 2 aliphatic heterocycles. The van der Waals surface area contributed by atoms with E-state index in [4.69, 9.17) is 21.3 Å². The van der Waals surface area contributed by atoms with Gasteiger partial charge in [0.05, 0.1) is 12.2 Å². The highest BCUT2D eigenvalue weighted by Gasteiger charge is 2.42. The minimum atomic E-state index is -0.491. The van der Waals surface area contributed by atoms with Crippen LogP contribution >= 0.6 is 27.5 Å². The lowest BCUT2D eigenvalue weighted by Crippen LogP contribution is -2.43. The summed E-state index contributed by atoms with van der Waals surface area (Å²) in [6.45, 7) is 3.26. The summed E-state index contributed by atoms with van der Waals surface area (Å²) in [5.74, 6) is 0.784. The molecule has 0 amide bonds. The number of hydrazine groups is 1. The third-order valence-electron chi connectivity index (χ3n) is 6.08. The number of fused-ring (bicyclic) bond motifs is 1. The molecule has 0 radical (unpaired) electrons. The Hall–Kier alpha value is -3.39. The first-order valence-corrected chi connectivity index (χ1v) is 13.3. The van der Waals surface area contributed by atoms with Gasteiger partial charge in [-0.1, -0.05) is 119 Å². The number of aliphatic imine (C=N–C) groups is 1. The summed E-state index contributed by atoms with van der Waals surface area (Å²) >= 11 is 10.5. The van der Waals surface area contributed by atoms with Crippen molar-refractivity contribution >= 4 is 44.2 Å². The highest BCUT2D eigenvalue weighted by atomic mass is 79.9. The number of alkyl halides is 1. The standard InChI is InChI=1S/C29H26BrClN4O2/c1-2-37-29(36)24-25(30)33-35-27(24)32-26(31)23(22-16-10-5-11-17-22)28(35)34(18-20-12-6-3-7-13-20)19-21-14-8-4-9-15-21/h3-17,25,33H,2,18-19H2,1H3. The number of allylic oxidation sites excluding steroid dienone is 1. The Bertz CT molecular complexity index is 1320. The Kier molecular flexibility index (Phi) is 7.74. The Morgan fingerprint density at radius 3 is 2.05 bits per heavy atom. The Morgan fingerprint density at radius 1 is 0.973 bits per heavy atom. The monoisotopic (exact) mass is 576 g/mol. The van der Waals surface area contributed by atoms with Crippen LogP contribution in [0, 0.1) is 0 Å². The molecule has 2 heterocycles. The van der Waals surface area contributed by atoms with Gasteiger partial charge in [0.2, 0.25) is 0 Å². The predicted octanol–water partition coefficient (Wildman–Crippen LogP) is 6.02. The molecule has 1 unspecified atom stereocenters. The Labute approximate surface area is 230 Å². The molecule has 0 saturated carbocycles. The Morgan fingerprint density at radius 2 is 1.51 bits per heavy atom. The number of nitrogens with zero attached hydrogens (tertiary/aromatic N) is 3. The van der Waals surface area contributed by atoms with Gasteiger partial charge in [0, 0.05) is 13.1 Å². The first kappa shape index (κ1) is 25.3. The number of rotatable bonds is 8. The molecule has 37 heavy (non-hydrogen) atoms. The maximum Gasteiger partial charge on any atom is 0.340 e. The van der Waals surface area contributed by atoms with Crippen molar-refractivity contribution in [2.75, 3.05) is 6.61 Å². The molecule has 188 valence electrons. The zero-order valence-electron chi connectivity index (χ0n) is 20.3. The lowest BCUT2D eigenvalue weighted by Gasteiger charge is -2.38. The average molecular weight is 578 g/mol. The predicted molar refractivity (Wildman–Crippen MR) is 150 cm³/mol. The van der Waals surface area contributed by atoms with Crippen molar-refractivity contribution in [2.24, 2.45) is 4.99 Å². The van der Waals surface area contributed by atoms with Gasteiger partial charge in [-0.05, 0) is 23.6 Å². The minimum absolute atomic E-state index is 0.263. The van der Waals surface area contributed by atoms with E-state index >= 15 is 0 Å². The molecule has 2 aliphatic rings. The van der Waals surface area contributed by atoms with E-state index in [0.29, 0.717) is 29.7 Å². The van der Waals surface area contributed by atoms with Crippen LogP contribution in [0.2, 0.25) is 0 Å². The van der Waals surface area contributed by atoms with Crippen molar-refractivity contribution in [3.8, 4) is 0 Å². The van der Waals surface area contributed by atoms with Crippen LogP contribution in [0.3, 0.4) is 0 Å². The second-order valence-corrected chi connectivity index (χ2v) is 9.85. The number of nitrogens with one attached hydrogen (secondary N) is 1. The fourth-order valence-corrected chi connectivity index (χ4v) is 5.34. The van der Waals surface area contributed by atoms with Crippen molar-refractivity contribution in [3.05, 3.63) is 125 Å². The Balaban J connectivity index is 1.70. The van der Waals surface area contributed by atoms with Gasteiger partial charge < -0.3 is 9.64 Å². The van der Waals surface area contributed by atoms with Crippen LogP contribution in [-0.2, 0) is 22.6 Å². The second-order valence-electron chi connectivity index (χ2n) is 8.58. The average Bonchev–Trinajstić information content (AvgIpc) is 3.24. The number of carbonyl (C=O) groups excluding carboxylic acids is 1. The summed E-state index contributed by atoms with van der Waals surface area (Å²) < 4.78 is 5.34. The van der Waals surface area contributed by atoms with Crippen molar-refractivity contribution in [1.82, 2.24) is 15.3 Å². The van der Waals surface area contributed by atoms with Gasteiger partial charge in [-0.2, -0.15) is 0 Å². The molecule has 3 aromatic carbocycles. The third kappa shape index (κ3) is 5.34. The number of halogens is 2.